The molecule has 4 rings (SSSR count). The van der Waals surface area contributed by atoms with Crippen molar-refractivity contribution in [3.8, 4) is 5.75 Å². The Morgan fingerprint density at radius 3 is 2.09 bits per heavy atom. The maximum absolute atomic E-state index is 13.5. The topological polar surface area (TPSA) is 55.4 Å². The predicted octanol–water partition coefficient (Wildman–Crippen LogP) is 8.50. The number of hydrogen-bond acceptors (Lipinski definition) is 5. The van der Waals surface area contributed by atoms with Crippen LogP contribution >= 0.6 is 0 Å². The molecule has 1 aliphatic rings. The van der Waals surface area contributed by atoms with Gasteiger partial charge in [0.25, 0.3) is 0 Å². The largest absolute Gasteiger partial charge is 0.490 e. The van der Waals surface area contributed by atoms with Crippen LogP contribution in [-0.4, -0.2) is 31.3 Å². The predicted molar refractivity (Wildman–Crippen MR) is 141 cm³/mol. The summed E-state index contributed by atoms with van der Waals surface area (Å²) in [5.74, 6) is 0.257. The van der Waals surface area contributed by atoms with Crippen LogP contribution in [0, 0.1) is 0 Å². The Kier molecular flexibility index (Phi) is 9.38. The summed E-state index contributed by atoms with van der Waals surface area (Å²) in [6.45, 7) is 2.18. The Balaban J connectivity index is 1.77. The number of alkyl halides is 9. The zero-order chi connectivity index (χ0) is 31.6. The van der Waals surface area contributed by atoms with Gasteiger partial charge in [-0.15, -0.1) is 0 Å². The number of ether oxygens (including phenoxy) is 2. The normalized spacial score (nSPS) is 17.3. The maximum Gasteiger partial charge on any atom is 0.416 e. The number of rotatable bonds is 9. The highest BCUT2D eigenvalue weighted by Gasteiger charge is 2.37. The lowest BCUT2D eigenvalue weighted by Gasteiger charge is -2.34. The number of benzene rings is 2. The Labute approximate surface area is 241 Å². The summed E-state index contributed by atoms with van der Waals surface area (Å²) < 4.78 is 132. The van der Waals surface area contributed by atoms with Crippen LogP contribution in [-0.2, 0) is 29.7 Å². The first-order valence-electron chi connectivity index (χ1n) is 13.2. The van der Waals surface area contributed by atoms with Gasteiger partial charge in [-0.3, -0.25) is 0 Å². The summed E-state index contributed by atoms with van der Waals surface area (Å²) >= 11 is 0. The molecule has 0 spiro atoms. The number of anilines is 2. The lowest BCUT2D eigenvalue weighted by atomic mass is 9.90. The third kappa shape index (κ3) is 8.03. The minimum atomic E-state index is -5.04. The number of hydrogen-bond donors (Lipinski definition) is 2. The number of fused-ring (bicyclic) bond motifs is 1. The fourth-order valence-corrected chi connectivity index (χ4v) is 4.84. The molecule has 0 aliphatic carbocycles. The minimum absolute atomic E-state index is 0.0419. The van der Waals surface area contributed by atoms with Gasteiger partial charge in [-0.1, -0.05) is 6.92 Å². The van der Waals surface area contributed by atoms with E-state index < -0.39 is 47.7 Å². The number of nitrogens with one attached hydrogen (secondary N) is 2. The van der Waals surface area contributed by atoms with Crippen LogP contribution in [0.5, 0.6) is 5.75 Å². The van der Waals surface area contributed by atoms with E-state index >= 15 is 0 Å². The van der Waals surface area contributed by atoms with Crippen LogP contribution < -0.4 is 15.4 Å². The second kappa shape index (κ2) is 12.5. The zero-order valence-corrected chi connectivity index (χ0v) is 23.0. The fourth-order valence-electron chi connectivity index (χ4n) is 4.84. The van der Waals surface area contributed by atoms with Gasteiger partial charge in [0.05, 0.1) is 35.5 Å². The zero-order valence-electron chi connectivity index (χ0n) is 23.0. The van der Waals surface area contributed by atoms with Crippen molar-refractivity contribution in [1.29, 1.82) is 0 Å². The highest BCUT2D eigenvalue weighted by molar-refractivity contribution is 5.61. The second-order valence-electron chi connectivity index (χ2n) is 10.1. The molecule has 0 amide bonds. The average molecular weight is 622 g/mol. The number of pyridine rings is 1. The molecule has 0 radical (unpaired) electrons. The highest BCUT2D eigenvalue weighted by atomic mass is 19.4. The number of methoxy groups -OCH3 is 1. The summed E-state index contributed by atoms with van der Waals surface area (Å²) in [5, 5.41) is 6.31. The van der Waals surface area contributed by atoms with Crippen molar-refractivity contribution in [2.45, 2.75) is 56.8 Å². The van der Waals surface area contributed by atoms with E-state index in [1.54, 1.807) is 0 Å². The van der Waals surface area contributed by atoms with Crippen LogP contribution in [0.1, 0.15) is 59.2 Å². The molecule has 0 saturated heterocycles. The van der Waals surface area contributed by atoms with Crippen LogP contribution in [0.15, 0.2) is 48.7 Å². The Hall–Kier alpha value is -3.68. The molecular formula is C29H28F9N3O2. The van der Waals surface area contributed by atoms with E-state index in [1.807, 2.05) is 6.92 Å². The number of aromatic nitrogens is 1. The minimum Gasteiger partial charge on any atom is -0.490 e. The Morgan fingerprint density at radius 1 is 0.860 bits per heavy atom. The van der Waals surface area contributed by atoms with Gasteiger partial charge in [-0.2, -0.15) is 39.5 Å². The monoisotopic (exact) mass is 621 g/mol. The first kappa shape index (κ1) is 32.2. The first-order chi connectivity index (χ1) is 20.1. The smallest absolute Gasteiger partial charge is 0.416 e. The van der Waals surface area contributed by atoms with E-state index in [1.165, 1.54) is 25.4 Å². The molecule has 0 saturated carbocycles. The van der Waals surface area contributed by atoms with E-state index in [-0.39, 0.29) is 48.0 Å². The van der Waals surface area contributed by atoms with E-state index in [0.717, 1.165) is 12.1 Å². The molecule has 1 aliphatic heterocycles. The average Bonchev–Trinajstić information content (AvgIpc) is 2.92. The molecule has 43 heavy (non-hydrogen) atoms. The molecular weight excluding hydrogens is 593 g/mol. The highest BCUT2D eigenvalue weighted by Crippen LogP contribution is 2.41. The van der Waals surface area contributed by atoms with Gasteiger partial charge in [0.15, 0.2) is 0 Å². The van der Waals surface area contributed by atoms with Crippen molar-refractivity contribution in [1.82, 2.24) is 4.98 Å². The summed E-state index contributed by atoms with van der Waals surface area (Å²) in [5.41, 5.74) is -3.15. The molecule has 2 atom stereocenters. The summed E-state index contributed by atoms with van der Waals surface area (Å²) in [6.07, 6.45) is -12.8. The van der Waals surface area contributed by atoms with Crippen molar-refractivity contribution in [2.75, 3.05) is 31.0 Å². The molecule has 0 unspecified atom stereocenters. The molecule has 0 fully saturated rings. The van der Waals surface area contributed by atoms with Crippen molar-refractivity contribution in [3.05, 3.63) is 82.0 Å². The second-order valence-corrected chi connectivity index (χ2v) is 10.1. The van der Waals surface area contributed by atoms with Gasteiger partial charge in [0.1, 0.15) is 18.2 Å². The van der Waals surface area contributed by atoms with E-state index in [2.05, 4.69) is 15.6 Å². The molecule has 0 bridgehead atoms. The van der Waals surface area contributed by atoms with Crippen LogP contribution in [0.2, 0.25) is 0 Å². The third-order valence-electron chi connectivity index (χ3n) is 6.98. The van der Waals surface area contributed by atoms with Crippen molar-refractivity contribution in [2.24, 2.45) is 0 Å². The standard InChI is InChI=1S/C29H28F9N3O2/c1-3-21-14-25(23-13-18(27(30,31)32)4-5-24(23)40-21)41-26-17(11-22(15-39-26)43-7-6-42-2)8-16-9-19(28(33,34)35)12-20(10-16)29(36,37)38/h4-5,9-13,15,21,25,40H,3,6-8,14H2,1-2H3,(H,39,41)/t21-,25+/m1/s1. The lowest BCUT2D eigenvalue weighted by molar-refractivity contribution is -0.143. The van der Waals surface area contributed by atoms with Gasteiger partial charge in [0.2, 0.25) is 0 Å². The molecule has 2 aromatic carbocycles. The lowest BCUT2D eigenvalue weighted by Crippen LogP contribution is -2.31. The van der Waals surface area contributed by atoms with Gasteiger partial charge in [-0.25, -0.2) is 4.98 Å². The molecule has 2 heterocycles. The molecule has 234 valence electrons. The van der Waals surface area contributed by atoms with Crippen LogP contribution in [0.25, 0.3) is 0 Å². The molecule has 14 heteroatoms. The van der Waals surface area contributed by atoms with Gasteiger partial charge < -0.3 is 20.1 Å². The summed E-state index contributed by atoms with van der Waals surface area (Å²) in [4.78, 5) is 4.32. The third-order valence-corrected chi connectivity index (χ3v) is 6.98. The quantitative estimate of drug-likeness (QED) is 0.185. The molecule has 1 aromatic heterocycles. The number of nitrogens with zero attached hydrogens (tertiary/aromatic N) is 1. The van der Waals surface area contributed by atoms with Gasteiger partial charge in [-0.05, 0) is 66.4 Å². The van der Waals surface area contributed by atoms with Crippen LogP contribution in [0.4, 0.5) is 51.0 Å². The maximum atomic E-state index is 13.5. The molecule has 2 N–H and O–H groups in total. The fraction of sp³-hybridized carbons (Fsp3) is 0.414. The molecule has 5 nitrogen and oxygen atoms in total. The summed E-state index contributed by atoms with van der Waals surface area (Å²) in [6, 6.07) is 5.18. The van der Waals surface area contributed by atoms with Gasteiger partial charge >= 0.3 is 18.5 Å². The summed E-state index contributed by atoms with van der Waals surface area (Å²) in [7, 11) is 1.44. The van der Waals surface area contributed by atoms with Crippen LogP contribution in [0.3, 0.4) is 0 Å². The number of halogens is 9. The Morgan fingerprint density at radius 2 is 1.51 bits per heavy atom. The van der Waals surface area contributed by atoms with Gasteiger partial charge in [0, 0.05) is 30.8 Å². The van der Waals surface area contributed by atoms with Crippen molar-refractivity contribution >= 4 is 11.5 Å². The Bertz CT molecular complexity index is 1390. The SMILES string of the molecule is CC[C@@H]1C[C@H](Nc2ncc(OCCOC)cc2Cc2cc(C(F)(F)F)cc(C(F)(F)F)c2)c2cc(C(F)(F)F)ccc2N1. The van der Waals surface area contributed by atoms with E-state index in [4.69, 9.17) is 9.47 Å². The molecule has 3 aromatic rings. The first-order valence-corrected chi connectivity index (χ1v) is 13.2. The van der Waals surface area contributed by atoms with E-state index in [9.17, 15) is 39.5 Å². The van der Waals surface area contributed by atoms with Crippen molar-refractivity contribution < 1.29 is 49.0 Å². The van der Waals surface area contributed by atoms with Crippen molar-refractivity contribution in [3.63, 3.8) is 0 Å². The van der Waals surface area contributed by atoms with E-state index in [0.29, 0.717) is 36.2 Å².